The zero-order chi connectivity index (χ0) is 19.2. The topological polar surface area (TPSA) is 52.0 Å². The average Bonchev–Trinajstić information content (AvgIpc) is 3.14. The van der Waals surface area contributed by atoms with E-state index in [9.17, 15) is 4.79 Å². The predicted octanol–water partition coefficient (Wildman–Crippen LogP) is 2.39. The van der Waals surface area contributed by atoms with Gasteiger partial charge in [-0.3, -0.25) is 4.79 Å². The second-order valence-corrected chi connectivity index (χ2v) is 7.23. The standard InChI is InChI=1S/C21H25ClN2O3/c1-26-17-9-10-20(27-2)18(12-17)19-4-3-11-24(19)14-21(25)23-13-15-5-7-16(22)8-6-15/h5-10,12,19H,3-4,11,13-14H2,1-2H3,(H,23,25)/p+1/t19-/m0/s1. The molecule has 1 aliphatic rings. The van der Waals surface area contributed by atoms with E-state index >= 15 is 0 Å². The highest BCUT2D eigenvalue weighted by molar-refractivity contribution is 6.30. The predicted molar refractivity (Wildman–Crippen MR) is 106 cm³/mol. The molecule has 0 aliphatic carbocycles. The first-order chi connectivity index (χ1) is 13.1. The number of halogens is 1. The molecule has 1 heterocycles. The zero-order valence-electron chi connectivity index (χ0n) is 15.8. The lowest BCUT2D eigenvalue weighted by Crippen LogP contribution is -3.11. The van der Waals surface area contributed by atoms with Crippen LogP contribution in [-0.2, 0) is 11.3 Å². The van der Waals surface area contributed by atoms with Crippen LogP contribution in [0.2, 0.25) is 5.02 Å². The molecule has 3 rings (SSSR count). The van der Waals surface area contributed by atoms with E-state index in [2.05, 4.69) is 5.32 Å². The third-order valence-corrected chi connectivity index (χ3v) is 5.34. The lowest BCUT2D eigenvalue weighted by molar-refractivity contribution is -0.910. The summed E-state index contributed by atoms with van der Waals surface area (Å²) in [5.41, 5.74) is 2.14. The van der Waals surface area contributed by atoms with Crippen LogP contribution in [0.1, 0.15) is 30.0 Å². The molecule has 1 fully saturated rings. The molecule has 1 amide bonds. The minimum absolute atomic E-state index is 0.0497. The Kier molecular flexibility index (Phi) is 6.58. The van der Waals surface area contributed by atoms with Gasteiger partial charge in [0.1, 0.15) is 17.5 Å². The van der Waals surface area contributed by atoms with Crippen molar-refractivity contribution in [1.29, 1.82) is 0 Å². The van der Waals surface area contributed by atoms with Gasteiger partial charge in [0.05, 0.1) is 26.3 Å². The Labute approximate surface area is 165 Å². The van der Waals surface area contributed by atoms with Gasteiger partial charge in [0.2, 0.25) is 0 Å². The van der Waals surface area contributed by atoms with Crippen molar-refractivity contribution in [3.05, 3.63) is 58.6 Å². The van der Waals surface area contributed by atoms with E-state index in [4.69, 9.17) is 21.1 Å². The van der Waals surface area contributed by atoms with Crippen molar-refractivity contribution in [2.45, 2.75) is 25.4 Å². The Morgan fingerprint density at radius 1 is 1.19 bits per heavy atom. The van der Waals surface area contributed by atoms with E-state index in [1.807, 2.05) is 42.5 Å². The fraction of sp³-hybridized carbons (Fsp3) is 0.381. The molecular formula is C21H26ClN2O3+. The van der Waals surface area contributed by atoms with Gasteiger partial charge in [-0.05, 0) is 35.9 Å². The molecule has 0 aromatic heterocycles. The van der Waals surface area contributed by atoms with Crippen molar-refractivity contribution < 1.29 is 19.2 Å². The minimum atomic E-state index is 0.0497. The SMILES string of the molecule is COc1ccc(OC)c([C@@H]2CCC[NH+]2CC(=O)NCc2ccc(Cl)cc2)c1. The van der Waals surface area contributed by atoms with Crippen LogP contribution in [0.3, 0.4) is 0 Å². The maximum Gasteiger partial charge on any atom is 0.275 e. The first-order valence-corrected chi connectivity index (χ1v) is 9.56. The van der Waals surface area contributed by atoms with Crippen LogP contribution in [0, 0.1) is 0 Å². The van der Waals surface area contributed by atoms with Gasteiger partial charge in [0.15, 0.2) is 6.54 Å². The fourth-order valence-corrected chi connectivity index (χ4v) is 3.81. The Balaban J connectivity index is 1.64. The lowest BCUT2D eigenvalue weighted by Gasteiger charge is -2.23. The van der Waals surface area contributed by atoms with E-state index in [0.717, 1.165) is 42.0 Å². The zero-order valence-corrected chi connectivity index (χ0v) is 16.5. The van der Waals surface area contributed by atoms with Gasteiger partial charge in [0, 0.05) is 24.4 Å². The van der Waals surface area contributed by atoms with Gasteiger partial charge in [-0.2, -0.15) is 0 Å². The molecule has 0 bridgehead atoms. The third-order valence-electron chi connectivity index (χ3n) is 5.09. The van der Waals surface area contributed by atoms with Gasteiger partial charge in [-0.1, -0.05) is 23.7 Å². The molecule has 5 nitrogen and oxygen atoms in total. The number of nitrogens with one attached hydrogen (secondary N) is 2. The molecule has 144 valence electrons. The molecule has 1 aliphatic heterocycles. The largest absolute Gasteiger partial charge is 0.497 e. The number of carbonyl (C=O) groups is 1. The van der Waals surface area contributed by atoms with E-state index in [1.54, 1.807) is 14.2 Å². The smallest absolute Gasteiger partial charge is 0.275 e. The molecule has 2 N–H and O–H groups in total. The van der Waals surface area contributed by atoms with Crippen LogP contribution in [0.15, 0.2) is 42.5 Å². The molecule has 0 saturated carbocycles. The van der Waals surface area contributed by atoms with Crippen LogP contribution in [0.5, 0.6) is 11.5 Å². The van der Waals surface area contributed by atoms with E-state index in [-0.39, 0.29) is 11.9 Å². The van der Waals surface area contributed by atoms with Crippen molar-refractivity contribution in [3.63, 3.8) is 0 Å². The maximum atomic E-state index is 12.5. The summed E-state index contributed by atoms with van der Waals surface area (Å²) in [7, 11) is 3.34. The number of ether oxygens (including phenoxy) is 2. The van der Waals surface area contributed by atoms with Crippen molar-refractivity contribution in [1.82, 2.24) is 5.32 Å². The van der Waals surface area contributed by atoms with Crippen molar-refractivity contribution in [3.8, 4) is 11.5 Å². The Bertz CT molecular complexity index is 779. The molecule has 0 spiro atoms. The van der Waals surface area contributed by atoms with Gasteiger partial charge < -0.3 is 19.7 Å². The highest BCUT2D eigenvalue weighted by atomic mass is 35.5. The highest BCUT2D eigenvalue weighted by Crippen LogP contribution is 2.31. The highest BCUT2D eigenvalue weighted by Gasteiger charge is 2.33. The number of hydrogen-bond donors (Lipinski definition) is 2. The lowest BCUT2D eigenvalue weighted by atomic mass is 10.0. The van der Waals surface area contributed by atoms with E-state index in [0.29, 0.717) is 18.1 Å². The van der Waals surface area contributed by atoms with Crippen LogP contribution >= 0.6 is 11.6 Å². The molecule has 0 radical (unpaired) electrons. The van der Waals surface area contributed by atoms with Gasteiger partial charge in [-0.25, -0.2) is 0 Å². The second-order valence-electron chi connectivity index (χ2n) is 6.79. The van der Waals surface area contributed by atoms with Gasteiger partial charge in [-0.15, -0.1) is 0 Å². The van der Waals surface area contributed by atoms with Crippen molar-refractivity contribution in [2.24, 2.45) is 0 Å². The summed E-state index contributed by atoms with van der Waals surface area (Å²) in [6, 6.07) is 13.6. The van der Waals surface area contributed by atoms with Crippen LogP contribution in [0.25, 0.3) is 0 Å². The van der Waals surface area contributed by atoms with Crippen LogP contribution < -0.4 is 19.7 Å². The number of carbonyl (C=O) groups excluding carboxylic acids is 1. The van der Waals surface area contributed by atoms with Crippen LogP contribution in [-0.4, -0.2) is 33.2 Å². The summed E-state index contributed by atoms with van der Waals surface area (Å²) < 4.78 is 10.9. The fourth-order valence-electron chi connectivity index (χ4n) is 3.68. The summed E-state index contributed by atoms with van der Waals surface area (Å²) in [5.74, 6) is 1.71. The quantitative estimate of drug-likeness (QED) is 0.764. The second kappa shape index (κ2) is 9.11. The first kappa shape index (κ1) is 19.5. The number of hydrogen-bond acceptors (Lipinski definition) is 3. The number of methoxy groups -OCH3 is 2. The third kappa shape index (κ3) is 4.93. The summed E-state index contributed by atoms with van der Waals surface area (Å²) in [4.78, 5) is 13.7. The summed E-state index contributed by atoms with van der Waals surface area (Å²) in [5, 5.41) is 3.71. The summed E-state index contributed by atoms with van der Waals surface area (Å²) in [6.07, 6.45) is 2.12. The number of quaternary nitrogens is 1. The molecule has 2 aromatic rings. The van der Waals surface area contributed by atoms with Gasteiger partial charge in [0.25, 0.3) is 5.91 Å². The Morgan fingerprint density at radius 3 is 2.67 bits per heavy atom. The van der Waals surface area contributed by atoms with Crippen molar-refractivity contribution in [2.75, 3.05) is 27.3 Å². The van der Waals surface area contributed by atoms with Gasteiger partial charge >= 0.3 is 0 Å². The average molecular weight is 390 g/mol. The molecular weight excluding hydrogens is 364 g/mol. The Morgan fingerprint density at radius 2 is 1.96 bits per heavy atom. The summed E-state index contributed by atoms with van der Waals surface area (Å²) >= 11 is 5.90. The van der Waals surface area contributed by atoms with E-state index < -0.39 is 0 Å². The monoisotopic (exact) mass is 389 g/mol. The molecule has 2 aromatic carbocycles. The maximum absolute atomic E-state index is 12.5. The molecule has 27 heavy (non-hydrogen) atoms. The minimum Gasteiger partial charge on any atom is -0.497 e. The van der Waals surface area contributed by atoms with Crippen LogP contribution in [0.4, 0.5) is 0 Å². The molecule has 6 heteroatoms. The molecule has 2 atom stereocenters. The first-order valence-electron chi connectivity index (χ1n) is 9.18. The van der Waals surface area contributed by atoms with E-state index in [1.165, 1.54) is 4.90 Å². The van der Waals surface area contributed by atoms with Crippen molar-refractivity contribution >= 4 is 17.5 Å². The molecule has 1 saturated heterocycles. The Hall–Kier alpha value is -2.24. The normalized spacial score (nSPS) is 18.9. The summed E-state index contributed by atoms with van der Waals surface area (Å²) in [6.45, 7) is 1.93. The molecule has 1 unspecified atom stereocenters. The number of rotatable bonds is 7. The number of amides is 1. The number of benzene rings is 2. The number of likely N-dealkylation sites (tertiary alicyclic amines) is 1.